The quantitative estimate of drug-likeness (QED) is 0.389. The molecule has 2 rings (SSSR count). The minimum Gasteiger partial charge on any atom is -0.375 e. The molecule has 2 aromatic heterocycles. The van der Waals surface area contributed by atoms with Crippen molar-refractivity contribution in [1.29, 1.82) is 0 Å². The second kappa shape index (κ2) is 6.24. The van der Waals surface area contributed by atoms with Crippen molar-refractivity contribution < 1.29 is 14.4 Å². The number of nitrogen functional groups attached to an aromatic ring is 1. The highest BCUT2D eigenvalue weighted by Gasteiger charge is 2.23. The molecule has 2 aromatic rings. The van der Waals surface area contributed by atoms with E-state index in [1.165, 1.54) is 40.7 Å². The monoisotopic (exact) mass is 338 g/mol. The number of carbonyl (C=O) groups is 3. The Labute approximate surface area is 134 Å². The summed E-state index contributed by atoms with van der Waals surface area (Å²) in [6.07, 6.45) is 1.84. The number of hydrogen-bond acceptors (Lipinski definition) is 7. The van der Waals surface area contributed by atoms with Crippen molar-refractivity contribution in [2.24, 2.45) is 0 Å². The fourth-order valence-corrected chi connectivity index (χ4v) is 3.62. The van der Waals surface area contributed by atoms with Crippen molar-refractivity contribution in [2.45, 2.75) is 0 Å². The van der Waals surface area contributed by atoms with Crippen LogP contribution in [0.3, 0.4) is 0 Å². The molecule has 0 spiro atoms. The maximum Gasteiger partial charge on any atom is 0.265 e. The summed E-state index contributed by atoms with van der Waals surface area (Å²) in [5.41, 5.74) is 5.54. The minimum atomic E-state index is -0.655. The number of hydrogen-bond donors (Lipinski definition) is 1. The van der Waals surface area contributed by atoms with E-state index in [1.807, 2.05) is 6.07 Å². The van der Waals surface area contributed by atoms with E-state index < -0.39 is 11.8 Å². The summed E-state index contributed by atoms with van der Waals surface area (Å²) in [7, 11) is 4.39. The number of imide groups is 1. The lowest BCUT2D eigenvalue weighted by Crippen LogP contribution is -2.34. The van der Waals surface area contributed by atoms with E-state index in [0.29, 0.717) is 16.4 Å². The number of aromatic nitrogens is 1. The van der Waals surface area contributed by atoms with Crippen molar-refractivity contribution >= 4 is 61.6 Å². The Kier molecular flexibility index (Phi) is 4.57. The Bertz CT molecular complexity index is 744. The number of nitrogens with two attached hydrogens (primary N) is 1. The lowest BCUT2D eigenvalue weighted by molar-refractivity contribution is -0.136. The number of anilines is 1. The normalized spacial score (nSPS) is 11.5. The molecule has 9 heteroatoms. The SMILES string of the molecule is CN(C)C(=O)/C(=C/c1cc2sc(N)nc2s1)C(=O)N(C)C=O. The average Bonchev–Trinajstić information content (AvgIpc) is 2.98. The van der Waals surface area contributed by atoms with E-state index in [9.17, 15) is 14.4 Å². The molecule has 0 saturated carbocycles. The van der Waals surface area contributed by atoms with Crippen LogP contribution in [-0.2, 0) is 14.4 Å². The van der Waals surface area contributed by atoms with Gasteiger partial charge in [-0.25, -0.2) is 4.98 Å². The van der Waals surface area contributed by atoms with Gasteiger partial charge < -0.3 is 10.6 Å². The van der Waals surface area contributed by atoms with Crippen LogP contribution in [0, 0.1) is 0 Å². The molecule has 3 amide bonds. The first-order valence-electron chi connectivity index (χ1n) is 6.15. The van der Waals surface area contributed by atoms with Crippen LogP contribution in [0.15, 0.2) is 11.6 Å². The number of nitrogens with zero attached hydrogens (tertiary/aromatic N) is 3. The number of thiazole rings is 1. The third-order valence-corrected chi connectivity index (χ3v) is 4.69. The van der Waals surface area contributed by atoms with Crippen LogP contribution in [0.5, 0.6) is 0 Å². The number of amides is 3. The van der Waals surface area contributed by atoms with E-state index in [4.69, 9.17) is 5.73 Å². The lowest BCUT2D eigenvalue weighted by atomic mass is 10.2. The second-order valence-corrected chi connectivity index (χ2v) is 6.77. The summed E-state index contributed by atoms with van der Waals surface area (Å²) in [4.78, 5) is 42.9. The van der Waals surface area contributed by atoms with Crippen molar-refractivity contribution in [3.63, 3.8) is 0 Å². The van der Waals surface area contributed by atoms with Crippen molar-refractivity contribution in [1.82, 2.24) is 14.8 Å². The van der Waals surface area contributed by atoms with Crippen LogP contribution in [-0.4, -0.2) is 54.2 Å². The summed E-state index contributed by atoms with van der Waals surface area (Å²) in [5.74, 6) is -1.12. The van der Waals surface area contributed by atoms with Crippen LogP contribution >= 0.6 is 22.7 Å². The fourth-order valence-electron chi connectivity index (χ4n) is 1.68. The van der Waals surface area contributed by atoms with Gasteiger partial charge in [0.15, 0.2) is 5.13 Å². The number of fused-ring (bicyclic) bond motifs is 1. The molecule has 0 aromatic carbocycles. The Morgan fingerprint density at radius 3 is 2.45 bits per heavy atom. The summed E-state index contributed by atoms with van der Waals surface area (Å²) in [6, 6.07) is 1.81. The molecule has 0 bridgehead atoms. The van der Waals surface area contributed by atoms with E-state index >= 15 is 0 Å². The predicted octanol–water partition coefficient (Wildman–Crippen LogP) is 1.03. The van der Waals surface area contributed by atoms with Gasteiger partial charge in [-0.05, 0) is 12.1 Å². The molecule has 116 valence electrons. The zero-order valence-electron chi connectivity index (χ0n) is 12.2. The molecule has 0 aliphatic heterocycles. The molecule has 0 unspecified atom stereocenters. The number of likely N-dealkylation sites (N-methyl/N-ethyl adjacent to an activating group) is 2. The van der Waals surface area contributed by atoms with Gasteiger partial charge in [-0.1, -0.05) is 11.3 Å². The van der Waals surface area contributed by atoms with Gasteiger partial charge in [-0.2, -0.15) is 0 Å². The molecule has 22 heavy (non-hydrogen) atoms. The van der Waals surface area contributed by atoms with Gasteiger partial charge in [0.05, 0.1) is 4.70 Å². The smallest absolute Gasteiger partial charge is 0.265 e. The Balaban J connectivity index is 2.46. The van der Waals surface area contributed by atoms with Gasteiger partial charge in [-0.15, -0.1) is 11.3 Å². The summed E-state index contributed by atoms with van der Waals surface area (Å²) < 4.78 is 0.890. The van der Waals surface area contributed by atoms with Gasteiger partial charge >= 0.3 is 0 Å². The van der Waals surface area contributed by atoms with Gasteiger partial charge in [0, 0.05) is 26.0 Å². The highest BCUT2D eigenvalue weighted by atomic mass is 32.1. The maximum atomic E-state index is 12.2. The van der Waals surface area contributed by atoms with Crippen LogP contribution in [0.2, 0.25) is 0 Å². The summed E-state index contributed by atoms with van der Waals surface area (Å²) in [6.45, 7) is 0. The summed E-state index contributed by atoms with van der Waals surface area (Å²) >= 11 is 2.66. The van der Waals surface area contributed by atoms with Crippen molar-refractivity contribution in [3.8, 4) is 0 Å². The molecule has 0 fully saturated rings. The topological polar surface area (TPSA) is 96.6 Å². The lowest BCUT2D eigenvalue weighted by Gasteiger charge is -2.15. The largest absolute Gasteiger partial charge is 0.375 e. The molecular weight excluding hydrogens is 324 g/mol. The van der Waals surface area contributed by atoms with Gasteiger partial charge in [0.25, 0.3) is 11.8 Å². The zero-order valence-corrected chi connectivity index (χ0v) is 13.8. The molecule has 2 N–H and O–H groups in total. The van der Waals surface area contributed by atoms with Gasteiger partial charge in [0.1, 0.15) is 10.4 Å². The molecule has 2 heterocycles. The number of carbonyl (C=O) groups excluding carboxylic acids is 3. The zero-order chi connectivity index (χ0) is 16.4. The second-order valence-electron chi connectivity index (χ2n) is 4.65. The molecule has 7 nitrogen and oxygen atoms in total. The Morgan fingerprint density at radius 2 is 1.91 bits per heavy atom. The maximum absolute atomic E-state index is 12.2. The Morgan fingerprint density at radius 1 is 1.23 bits per heavy atom. The third kappa shape index (κ3) is 3.15. The highest BCUT2D eigenvalue weighted by molar-refractivity contribution is 7.29. The number of thiophene rings is 1. The van der Waals surface area contributed by atoms with E-state index in [2.05, 4.69) is 4.98 Å². The minimum absolute atomic E-state index is 0.0820. The summed E-state index contributed by atoms with van der Waals surface area (Å²) in [5, 5.41) is 0.470. The van der Waals surface area contributed by atoms with E-state index in [0.717, 1.165) is 14.4 Å². The molecule has 0 aliphatic carbocycles. The van der Waals surface area contributed by atoms with Gasteiger partial charge in [-0.3, -0.25) is 19.3 Å². The van der Waals surface area contributed by atoms with Crippen molar-refractivity contribution in [3.05, 3.63) is 16.5 Å². The fraction of sp³-hybridized carbons (Fsp3) is 0.231. The molecular formula is C13H14N4O3S2. The Hall–Kier alpha value is -2.26. The third-order valence-electron chi connectivity index (χ3n) is 2.76. The highest BCUT2D eigenvalue weighted by Crippen LogP contribution is 2.32. The first-order valence-corrected chi connectivity index (χ1v) is 7.78. The first-order chi connectivity index (χ1) is 10.3. The van der Waals surface area contributed by atoms with Crippen molar-refractivity contribution in [2.75, 3.05) is 26.9 Å². The van der Waals surface area contributed by atoms with Crippen LogP contribution in [0.4, 0.5) is 5.13 Å². The predicted molar refractivity (Wildman–Crippen MR) is 87.4 cm³/mol. The first kappa shape index (κ1) is 16.1. The standard InChI is InChI=1S/C13H14N4O3S2/c1-16(2)11(19)8(12(20)17(3)6-18)4-7-5-9-10(21-7)15-13(14)22-9/h4-6H,1-3H3,(H2,14,15)/b8-4-. The number of rotatable bonds is 4. The van der Waals surface area contributed by atoms with E-state index in [-0.39, 0.29) is 5.57 Å². The molecule has 0 radical (unpaired) electrons. The average molecular weight is 338 g/mol. The molecule has 0 saturated heterocycles. The van der Waals surface area contributed by atoms with Gasteiger partial charge in [0.2, 0.25) is 6.41 Å². The van der Waals surface area contributed by atoms with Crippen LogP contribution in [0.25, 0.3) is 15.6 Å². The van der Waals surface area contributed by atoms with E-state index in [1.54, 1.807) is 14.1 Å². The van der Waals surface area contributed by atoms with Crippen LogP contribution < -0.4 is 5.73 Å². The molecule has 0 aliphatic rings. The molecule has 0 atom stereocenters. The van der Waals surface area contributed by atoms with Crippen LogP contribution in [0.1, 0.15) is 4.88 Å².